The number of carbonyl (C=O) groups excluding carboxylic acids is 2. The van der Waals surface area contributed by atoms with E-state index >= 15 is 0 Å². The van der Waals surface area contributed by atoms with Crippen molar-refractivity contribution in [2.45, 2.75) is 45.2 Å². The van der Waals surface area contributed by atoms with Crippen molar-refractivity contribution in [2.24, 2.45) is 0 Å². The zero-order chi connectivity index (χ0) is 14.6. The molecular weight excluding hydrogens is 268 g/mol. The summed E-state index contributed by atoms with van der Waals surface area (Å²) in [5.41, 5.74) is -0.779. The van der Waals surface area contributed by atoms with Crippen molar-refractivity contribution in [3.05, 3.63) is 0 Å². The maximum absolute atomic E-state index is 12.2. The third-order valence-corrected chi connectivity index (χ3v) is 4.35. The summed E-state index contributed by atoms with van der Waals surface area (Å²) in [6.45, 7) is 4.97. The summed E-state index contributed by atoms with van der Waals surface area (Å²) in [5, 5.41) is 11.7. The van der Waals surface area contributed by atoms with Crippen molar-refractivity contribution in [2.75, 3.05) is 11.6 Å². The molecule has 0 bridgehead atoms. The Morgan fingerprint density at radius 2 is 2.11 bits per heavy atom. The molecule has 7 heteroatoms. The van der Waals surface area contributed by atoms with E-state index in [4.69, 9.17) is 5.11 Å². The number of hydrogen-bond donors (Lipinski definition) is 2. The molecule has 1 rings (SSSR count). The number of aliphatic carboxylic acids is 1. The Labute approximate surface area is 116 Å². The Hall–Kier alpha value is -1.24. The van der Waals surface area contributed by atoms with Gasteiger partial charge in [0.15, 0.2) is 0 Å². The molecule has 2 atom stereocenters. The van der Waals surface area contributed by atoms with Crippen molar-refractivity contribution in [3.63, 3.8) is 0 Å². The fourth-order valence-electron chi connectivity index (χ4n) is 1.94. The Kier molecular flexibility index (Phi) is 5.22. The highest BCUT2D eigenvalue weighted by Crippen LogP contribution is 2.23. The van der Waals surface area contributed by atoms with Gasteiger partial charge in [-0.2, -0.15) is 0 Å². The first kappa shape index (κ1) is 15.8. The lowest BCUT2D eigenvalue weighted by Gasteiger charge is -2.31. The van der Waals surface area contributed by atoms with Crippen LogP contribution in [0.15, 0.2) is 0 Å². The van der Waals surface area contributed by atoms with Crippen LogP contribution < -0.4 is 5.32 Å². The van der Waals surface area contributed by atoms with E-state index < -0.39 is 17.6 Å². The molecule has 1 heterocycles. The van der Waals surface area contributed by atoms with Gasteiger partial charge in [-0.1, -0.05) is 6.92 Å². The van der Waals surface area contributed by atoms with Gasteiger partial charge in [0, 0.05) is 18.2 Å². The second kappa shape index (κ2) is 6.27. The molecule has 2 N–H and O–H groups in total. The second-order valence-electron chi connectivity index (χ2n) is 4.98. The van der Waals surface area contributed by atoms with Gasteiger partial charge in [0.25, 0.3) is 0 Å². The van der Waals surface area contributed by atoms with Gasteiger partial charge in [-0.25, -0.2) is 0 Å². The lowest BCUT2D eigenvalue weighted by atomic mass is 9.94. The summed E-state index contributed by atoms with van der Waals surface area (Å²) in [4.78, 5) is 36.0. The monoisotopic (exact) mass is 288 g/mol. The number of amides is 2. The first-order valence-corrected chi connectivity index (χ1v) is 7.33. The predicted molar refractivity (Wildman–Crippen MR) is 72.7 cm³/mol. The second-order valence-corrected chi connectivity index (χ2v) is 5.98. The van der Waals surface area contributed by atoms with Gasteiger partial charge in [-0.3, -0.25) is 14.4 Å². The molecule has 1 aliphatic heterocycles. The highest BCUT2D eigenvalue weighted by Gasteiger charge is 2.36. The van der Waals surface area contributed by atoms with E-state index in [1.165, 1.54) is 23.6 Å². The number of thioether (sulfide) groups is 1. The average Bonchev–Trinajstić information content (AvgIpc) is 2.76. The van der Waals surface area contributed by atoms with Crippen LogP contribution in [0, 0.1) is 0 Å². The fraction of sp³-hybridized carbons (Fsp3) is 0.750. The molecule has 1 fully saturated rings. The molecule has 0 aromatic heterocycles. The summed E-state index contributed by atoms with van der Waals surface area (Å²) in [6.07, 6.45) is 0.389. The van der Waals surface area contributed by atoms with Crippen molar-refractivity contribution in [3.8, 4) is 0 Å². The minimum atomic E-state index is -0.950. The molecule has 6 nitrogen and oxygen atoms in total. The van der Waals surface area contributed by atoms with Crippen LogP contribution in [0.3, 0.4) is 0 Å². The topological polar surface area (TPSA) is 86.7 Å². The molecule has 0 spiro atoms. The molecule has 108 valence electrons. The van der Waals surface area contributed by atoms with Crippen LogP contribution in [0.1, 0.15) is 33.6 Å². The first-order chi connectivity index (χ1) is 8.79. The van der Waals surface area contributed by atoms with Crippen LogP contribution in [0.2, 0.25) is 0 Å². The molecule has 19 heavy (non-hydrogen) atoms. The normalized spacial score (nSPS) is 21.8. The van der Waals surface area contributed by atoms with Crippen LogP contribution in [-0.2, 0) is 14.4 Å². The minimum Gasteiger partial charge on any atom is -0.481 e. The number of carboxylic acids is 1. The van der Waals surface area contributed by atoms with Gasteiger partial charge in [0.2, 0.25) is 11.8 Å². The van der Waals surface area contributed by atoms with Crippen molar-refractivity contribution >= 4 is 29.5 Å². The van der Waals surface area contributed by atoms with E-state index in [0.717, 1.165) is 0 Å². The molecule has 2 amide bonds. The Morgan fingerprint density at radius 1 is 1.47 bits per heavy atom. The Morgan fingerprint density at radius 3 is 2.58 bits per heavy atom. The average molecular weight is 288 g/mol. The first-order valence-electron chi connectivity index (χ1n) is 6.18. The SMILES string of the molecule is CC[C@@](C)(CC(=O)O)NC(=O)[C@@H]1CSCN1C(C)=O. The fourth-order valence-corrected chi connectivity index (χ4v) is 3.16. The summed E-state index contributed by atoms with van der Waals surface area (Å²) in [5.74, 6) is -0.297. The van der Waals surface area contributed by atoms with Crippen LogP contribution in [0.5, 0.6) is 0 Å². The van der Waals surface area contributed by atoms with E-state index in [1.54, 1.807) is 6.92 Å². The minimum absolute atomic E-state index is 0.130. The molecule has 0 aromatic carbocycles. The standard InChI is InChI=1S/C12H20N2O4S/c1-4-12(3,5-10(16)17)13-11(18)9-6-19-7-14(9)8(2)15/h9H,4-7H2,1-3H3,(H,13,18)(H,16,17)/t9-,12-/m0/s1. The predicted octanol–water partition coefficient (Wildman–Crippen LogP) is 0.667. The van der Waals surface area contributed by atoms with E-state index in [-0.39, 0.29) is 18.2 Å². The molecule has 1 aliphatic rings. The van der Waals surface area contributed by atoms with Crippen LogP contribution in [0.4, 0.5) is 0 Å². The van der Waals surface area contributed by atoms with E-state index in [1.807, 2.05) is 6.92 Å². The van der Waals surface area contributed by atoms with Crippen molar-refractivity contribution in [1.82, 2.24) is 10.2 Å². The number of carboxylic acid groups (broad SMARTS) is 1. The highest BCUT2D eigenvalue weighted by molar-refractivity contribution is 7.99. The molecule has 0 saturated carbocycles. The van der Waals surface area contributed by atoms with Gasteiger partial charge in [-0.15, -0.1) is 11.8 Å². The quantitative estimate of drug-likeness (QED) is 0.776. The Bertz CT molecular complexity index is 388. The largest absolute Gasteiger partial charge is 0.481 e. The molecular formula is C12H20N2O4S. The summed E-state index contributed by atoms with van der Waals surface area (Å²) in [7, 11) is 0. The van der Waals surface area contributed by atoms with E-state index in [9.17, 15) is 14.4 Å². The molecule has 1 saturated heterocycles. The van der Waals surface area contributed by atoms with Crippen LogP contribution in [0.25, 0.3) is 0 Å². The molecule has 0 unspecified atom stereocenters. The molecule has 0 aliphatic carbocycles. The number of carbonyl (C=O) groups is 3. The number of nitrogens with one attached hydrogen (secondary N) is 1. The zero-order valence-electron chi connectivity index (χ0n) is 11.4. The lowest BCUT2D eigenvalue weighted by molar-refractivity contribution is -0.141. The highest BCUT2D eigenvalue weighted by atomic mass is 32.2. The number of nitrogens with zero attached hydrogens (tertiary/aromatic N) is 1. The van der Waals surface area contributed by atoms with Gasteiger partial charge in [0.1, 0.15) is 6.04 Å². The maximum Gasteiger partial charge on any atom is 0.305 e. The summed E-state index contributed by atoms with van der Waals surface area (Å²) < 4.78 is 0. The smallest absolute Gasteiger partial charge is 0.305 e. The third-order valence-electron chi connectivity index (χ3n) is 3.34. The molecule has 0 radical (unpaired) electrons. The van der Waals surface area contributed by atoms with E-state index in [2.05, 4.69) is 5.32 Å². The van der Waals surface area contributed by atoms with Crippen LogP contribution in [-0.4, -0.2) is 51.0 Å². The Balaban J connectivity index is 2.72. The zero-order valence-corrected chi connectivity index (χ0v) is 12.2. The van der Waals surface area contributed by atoms with E-state index in [0.29, 0.717) is 18.1 Å². The summed E-state index contributed by atoms with van der Waals surface area (Å²) in [6, 6.07) is -0.498. The van der Waals surface area contributed by atoms with Crippen molar-refractivity contribution in [1.29, 1.82) is 0 Å². The van der Waals surface area contributed by atoms with Gasteiger partial charge >= 0.3 is 5.97 Å². The number of hydrogen-bond acceptors (Lipinski definition) is 4. The third kappa shape index (κ3) is 4.12. The van der Waals surface area contributed by atoms with Gasteiger partial charge < -0.3 is 15.3 Å². The van der Waals surface area contributed by atoms with Crippen LogP contribution >= 0.6 is 11.8 Å². The van der Waals surface area contributed by atoms with Gasteiger partial charge in [-0.05, 0) is 13.3 Å². The molecule has 0 aromatic rings. The lowest BCUT2D eigenvalue weighted by Crippen LogP contribution is -2.54. The number of rotatable bonds is 5. The summed E-state index contributed by atoms with van der Waals surface area (Å²) >= 11 is 1.52. The maximum atomic E-state index is 12.2. The van der Waals surface area contributed by atoms with Crippen molar-refractivity contribution < 1.29 is 19.5 Å². The van der Waals surface area contributed by atoms with Gasteiger partial charge in [0.05, 0.1) is 12.3 Å².